The molecule has 2 N–H and O–H groups in total. The zero-order valence-electron chi connectivity index (χ0n) is 9.43. The first kappa shape index (κ1) is 14.7. The minimum atomic E-state index is 0. The van der Waals surface area contributed by atoms with Gasteiger partial charge in [0, 0.05) is 28.3 Å². The maximum atomic E-state index is 12.1. The van der Waals surface area contributed by atoms with Crippen molar-refractivity contribution in [2.75, 3.05) is 13.1 Å². The Labute approximate surface area is 121 Å². The fourth-order valence-electron chi connectivity index (χ4n) is 1.97. The number of halogens is 2. The molecule has 0 spiro atoms. The molecule has 0 saturated carbocycles. The number of hydrogen-bond acceptors (Lipinski definition) is 2. The average Bonchev–Trinajstić information content (AvgIpc) is 2.29. The topological polar surface area (TPSA) is 46.3 Å². The third-order valence-electron chi connectivity index (χ3n) is 2.84. The molecule has 1 aromatic rings. The van der Waals surface area contributed by atoms with E-state index in [1.165, 1.54) is 0 Å². The minimum Gasteiger partial charge on any atom is -0.337 e. The molecule has 94 valence electrons. The molecule has 1 atom stereocenters. The fraction of sp³-hybridized carbons (Fsp3) is 0.417. The van der Waals surface area contributed by atoms with Crippen molar-refractivity contribution in [3.05, 3.63) is 33.4 Å². The van der Waals surface area contributed by atoms with E-state index in [4.69, 9.17) is 5.73 Å². The molecule has 1 aliphatic rings. The number of nitrogens with two attached hydrogens (primary N) is 1. The quantitative estimate of drug-likeness (QED) is 0.775. The summed E-state index contributed by atoms with van der Waals surface area (Å²) in [7, 11) is 0. The summed E-state index contributed by atoms with van der Waals surface area (Å²) < 4.78 is 1.14. The lowest BCUT2D eigenvalue weighted by atomic mass is 10.1. The third kappa shape index (κ3) is 3.82. The minimum absolute atomic E-state index is 0. The van der Waals surface area contributed by atoms with Crippen LogP contribution in [0.5, 0.6) is 0 Å². The van der Waals surface area contributed by atoms with Gasteiger partial charge < -0.3 is 10.6 Å². The number of rotatable bonds is 1. The van der Waals surface area contributed by atoms with Crippen LogP contribution in [0.3, 0.4) is 0 Å². The highest BCUT2D eigenvalue weighted by Crippen LogP contribution is 2.14. The van der Waals surface area contributed by atoms with E-state index in [0.29, 0.717) is 6.54 Å². The molecule has 1 amide bonds. The normalized spacial score (nSPS) is 19.6. The number of carbonyl (C=O) groups excluding carboxylic acids is 1. The van der Waals surface area contributed by atoms with E-state index in [-0.39, 0.29) is 24.4 Å². The number of likely N-dealkylation sites (tertiary alicyclic amines) is 1. The summed E-state index contributed by atoms with van der Waals surface area (Å²) in [6.07, 6.45) is 2.04. The standard InChI is InChI=1S/C12H15IN2O.ClH/c13-10-5-3-9(4-6-10)12(16)15-7-1-2-11(14)8-15;/h3-6,11H,1-2,7-8,14H2;1H/t11-;/m1./s1. The van der Waals surface area contributed by atoms with Crippen molar-refractivity contribution in [1.29, 1.82) is 0 Å². The highest BCUT2D eigenvalue weighted by Gasteiger charge is 2.21. The van der Waals surface area contributed by atoms with Crippen LogP contribution in [0.25, 0.3) is 0 Å². The molecule has 1 heterocycles. The lowest BCUT2D eigenvalue weighted by Crippen LogP contribution is -2.45. The van der Waals surface area contributed by atoms with Gasteiger partial charge in [-0.1, -0.05) is 0 Å². The molecule has 0 aliphatic carbocycles. The smallest absolute Gasteiger partial charge is 0.253 e. The van der Waals surface area contributed by atoms with Gasteiger partial charge in [-0.3, -0.25) is 4.79 Å². The average molecular weight is 367 g/mol. The van der Waals surface area contributed by atoms with Crippen LogP contribution in [0.2, 0.25) is 0 Å². The molecule has 0 radical (unpaired) electrons. The first-order valence-corrected chi connectivity index (χ1v) is 6.55. The summed E-state index contributed by atoms with van der Waals surface area (Å²) in [5, 5.41) is 0. The monoisotopic (exact) mass is 366 g/mol. The van der Waals surface area contributed by atoms with Crippen molar-refractivity contribution < 1.29 is 4.79 Å². The lowest BCUT2D eigenvalue weighted by Gasteiger charge is -2.30. The summed E-state index contributed by atoms with van der Waals surface area (Å²) >= 11 is 2.23. The summed E-state index contributed by atoms with van der Waals surface area (Å²) in [4.78, 5) is 14.0. The first-order valence-electron chi connectivity index (χ1n) is 5.47. The zero-order chi connectivity index (χ0) is 11.5. The van der Waals surface area contributed by atoms with Crippen LogP contribution in [0, 0.1) is 3.57 Å². The largest absolute Gasteiger partial charge is 0.337 e. The fourth-order valence-corrected chi connectivity index (χ4v) is 2.33. The second kappa shape index (κ2) is 6.56. The van der Waals surface area contributed by atoms with Gasteiger partial charge in [0.25, 0.3) is 5.91 Å². The predicted molar refractivity (Wildman–Crippen MR) is 79.5 cm³/mol. The molecule has 1 aliphatic heterocycles. The van der Waals surface area contributed by atoms with Crippen LogP contribution in [-0.2, 0) is 0 Å². The van der Waals surface area contributed by atoms with Crippen LogP contribution < -0.4 is 5.73 Å². The van der Waals surface area contributed by atoms with Crippen molar-refractivity contribution in [3.8, 4) is 0 Å². The summed E-state index contributed by atoms with van der Waals surface area (Å²) in [6, 6.07) is 7.81. The Morgan fingerprint density at radius 3 is 2.59 bits per heavy atom. The molecule has 17 heavy (non-hydrogen) atoms. The number of carbonyl (C=O) groups is 1. The van der Waals surface area contributed by atoms with Gasteiger partial charge >= 0.3 is 0 Å². The van der Waals surface area contributed by atoms with Crippen molar-refractivity contribution in [2.24, 2.45) is 5.73 Å². The van der Waals surface area contributed by atoms with Crippen molar-refractivity contribution in [1.82, 2.24) is 4.90 Å². The Kier molecular flexibility index (Phi) is 5.69. The SMILES string of the molecule is Cl.N[C@@H]1CCCN(C(=O)c2ccc(I)cc2)C1. The number of nitrogens with zero attached hydrogens (tertiary/aromatic N) is 1. The Hall–Kier alpha value is -0.330. The molecule has 2 rings (SSSR count). The Balaban J connectivity index is 0.00000144. The van der Waals surface area contributed by atoms with Gasteiger partial charge in [0.15, 0.2) is 0 Å². The van der Waals surface area contributed by atoms with Crippen LogP contribution in [0.4, 0.5) is 0 Å². The Morgan fingerprint density at radius 2 is 2.00 bits per heavy atom. The molecule has 1 saturated heterocycles. The van der Waals surface area contributed by atoms with Crippen molar-refractivity contribution in [3.63, 3.8) is 0 Å². The molecular weight excluding hydrogens is 351 g/mol. The van der Waals surface area contributed by atoms with Crippen molar-refractivity contribution >= 4 is 40.9 Å². The Bertz CT molecular complexity index is 383. The van der Waals surface area contributed by atoms with Gasteiger partial charge in [0.05, 0.1) is 0 Å². The van der Waals surface area contributed by atoms with Gasteiger partial charge in [0.2, 0.25) is 0 Å². The second-order valence-electron chi connectivity index (χ2n) is 4.16. The van der Waals surface area contributed by atoms with Gasteiger partial charge in [-0.2, -0.15) is 0 Å². The van der Waals surface area contributed by atoms with Crippen LogP contribution in [0.1, 0.15) is 23.2 Å². The predicted octanol–water partition coefficient (Wildman–Crippen LogP) is 2.28. The first-order chi connectivity index (χ1) is 7.66. The maximum Gasteiger partial charge on any atom is 0.253 e. The zero-order valence-corrected chi connectivity index (χ0v) is 12.4. The summed E-state index contributed by atoms with van der Waals surface area (Å²) in [6.45, 7) is 1.52. The van der Waals surface area contributed by atoms with Gasteiger partial charge in [0.1, 0.15) is 0 Å². The van der Waals surface area contributed by atoms with E-state index in [0.717, 1.165) is 28.5 Å². The number of piperidine rings is 1. The molecule has 3 nitrogen and oxygen atoms in total. The molecule has 0 unspecified atom stereocenters. The summed E-state index contributed by atoms with van der Waals surface area (Å²) in [5.74, 6) is 0.103. The molecule has 5 heteroatoms. The van der Waals surface area contributed by atoms with Crippen molar-refractivity contribution in [2.45, 2.75) is 18.9 Å². The molecular formula is C12H16ClIN2O. The van der Waals surface area contributed by atoms with E-state index in [2.05, 4.69) is 22.6 Å². The number of hydrogen-bond donors (Lipinski definition) is 1. The highest BCUT2D eigenvalue weighted by atomic mass is 127. The Morgan fingerprint density at radius 1 is 1.35 bits per heavy atom. The lowest BCUT2D eigenvalue weighted by molar-refractivity contribution is 0.0709. The third-order valence-corrected chi connectivity index (χ3v) is 3.56. The maximum absolute atomic E-state index is 12.1. The number of benzene rings is 1. The van der Waals surface area contributed by atoms with E-state index in [1.807, 2.05) is 29.2 Å². The molecule has 1 fully saturated rings. The number of amides is 1. The van der Waals surface area contributed by atoms with E-state index < -0.39 is 0 Å². The highest BCUT2D eigenvalue weighted by molar-refractivity contribution is 14.1. The van der Waals surface area contributed by atoms with E-state index >= 15 is 0 Å². The summed E-state index contributed by atoms with van der Waals surface area (Å²) in [5.41, 5.74) is 6.63. The van der Waals surface area contributed by atoms with E-state index in [1.54, 1.807) is 0 Å². The van der Waals surface area contributed by atoms with Gasteiger partial charge in [-0.25, -0.2) is 0 Å². The van der Waals surface area contributed by atoms with Gasteiger partial charge in [-0.15, -0.1) is 12.4 Å². The van der Waals surface area contributed by atoms with Crippen LogP contribution in [0.15, 0.2) is 24.3 Å². The second-order valence-corrected chi connectivity index (χ2v) is 5.41. The van der Waals surface area contributed by atoms with Crippen LogP contribution in [-0.4, -0.2) is 29.9 Å². The van der Waals surface area contributed by atoms with Gasteiger partial charge in [-0.05, 0) is 59.7 Å². The van der Waals surface area contributed by atoms with Crippen LogP contribution >= 0.6 is 35.0 Å². The molecule has 0 aromatic heterocycles. The van der Waals surface area contributed by atoms with E-state index in [9.17, 15) is 4.79 Å². The molecule has 1 aromatic carbocycles. The molecule has 0 bridgehead atoms.